The van der Waals surface area contributed by atoms with E-state index in [9.17, 15) is 13.2 Å². The fraction of sp³-hybridized carbons (Fsp3) is 1.00. The van der Waals surface area contributed by atoms with Gasteiger partial charge in [-0.3, -0.25) is 0 Å². The Hall–Kier alpha value is 0.720. The first kappa shape index (κ1) is 16.1. The fourth-order valence-corrected chi connectivity index (χ4v) is 5.96. The van der Waals surface area contributed by atoms with E-state index in [0.29, 0.717) is 12.8 Å². The molecule has 0 aliphatic heterocycles. The van der Waals surface area contributed by atoms with E-state index in [1.807, 2.05) is 0 Å². The summed E-state index contributed by atoms with van der Waals surface area (Å²) in [6.45, 7) is 0. The molecule has 0 saturated heterocycles. The third-order valence-corrected chi connectivity index (χ3v) is 7.29. The zero-order valence-corrected chi connectivity index (χ0v) is 13.0. The maximum absolute atomic E-state index is 13.1. The summed E-state index contributed by atoms with van der Waals surface area (Å²) >= 11 is 14.0. The molecule has 0 aromatic rings. The van der Waals surface area contributed by atoms with Crippen molar-refractivity contribution in [3.63, 3.8) is 0 Å². The second-order valence-corrected chi connectivity index (χ2v) is 8.08. The molecule has 0 spiro atoms. The molecule has 0 aromatic carbocycles. The molecule has 2 fully saturated rings. The Bertz CT molecular complexity index is 288. The van der Waals surface area contributed by atoms with Crippen LogP contribution >= 0.6 is 35.0 Å². The molecule has 0 bridgehead atoms. The van der Waals surface area contributed by atoms with Gasteiger partial charge >= 0.3 is 6.18 Å². The van der Waals surface area contributed by atoms with Crippen LogP contribution in [0.3, 0.4) is 0 Å². The average Bonchev–Trinajstić information content (AvgIpc) is 2.33. The van der Waals surface area contributed by atoms with Crippen molar-refractivity contribution in [2.75, 3.05) is 0 Å². The Labute approximate surface area is 126 Å². The van der Waals surface area contributed by atoms with E-state index in [-0.39, 0.29) is 27.7 Å². The number of hydrogen-bond donors (Lipinski definition) is 0. The lowest BCUT2D eigenvalue weighted by molar-refractivity contribution is -0.179. The molecule has 0 nitrogen and oxygen atoms in total. The molecule has 2 saturated carbocycles. The monoisotopic (exact) mass is 334 g/mol. The first-order valence-corrected chi connectivity index (χ1v) is 8.71. The summed E-state index contributed by atoms with van der Waals surface area (Å²) in [5.74, 6) is -1.18. The van der Waals surface area contributed by atoms with Crippen molar-refractivity contribution in [3.05, 3.63) is 0 Å². The van der Waals surface area contributed by atoms with Crippen LogP contribution < -0.4 is 0 Å². The molecule has 2 rings (SSSR count). The Morgan fingerprint density at radius 1 is 0.842 bits per heavy atom. The molecule has 2 aliphatic carbocycles. The molecule has 112 valence electrons. The minimum atomic E-state index is -4.09. The van der Waals surface area contributed by atoms with Crippen molar-refractivity contribution in [2.45, 2.75) is 72.4 Å². The largest absolute Gasteiger partial charge is 0.392 e. The van der Waals surface area contributed by atoms with Gasteiger partial charge in [-0.25, -0.2) is 0 Å². The van der Waals surface area contributed by atoms with Crippen LogP contribution in [0.2, 0.25) is 0 Å². The predicted molar refractivity (Wildman–Crippen MR) is 76.3 cm³/mol. The summed E-state index contributed by atoms with van der Waals surface area (Å²) in [4.78, 5) is 0. The summed E-state index contributed by atoms with van der Waals surface area (Å²) < 4.78 is 39.2. The Morgan fingerprint density at radius 2 is 1.42 bits per heavy atom. The SMILES string of the molecule is FC(F)(F)C1CCCCC1SC1C(Cl)CCCC1Cl. The molecule has 6 heteroatoms. The average molecular weight is 335 g/mol. The van der Waals surface area contributed by atoms with Crippen molar-refractivity contribution in [1.29, 1.82) is 0 Å². The van der Waals surface area contributed by atoms with Crippen molar-refractivity contribution in [3.8, 4) is 0 Å². The second kappa shape index (κ2) is 6.65. The fourth-order valence-electron chi connectivity index (χ4n) is 3.07. The standard InChI is InChI=1S/C13H19Cl2F3S/c14-9-5-3-6-10(15)12(9)19-11-7-2-1-4-8(11)13(16,17)18/h8-12H,1-7H2. The zero-order chi connectivity index (χ0) is 14.0. The lowest BCUT2D eigenvalue weighted by Crippen LogP contribution is -2.40. The molecule has 0 amide bonds. The Morgan fingerprint density at radius 3 is 2.00 bits per heavy atom. The Kier molecular flexibility index (Phi) is 5.64. The molecule has 0 radical (unpaired) electrons. The van der Waals surface area contributed by atoms with Gasteiger partial charge in [0.15, 0.2) is 0 Å². The molecule has 0 heterocycles. The van der Waals surface area contributed by atoms with E-state index >= 15 is 0 Å². The maximum Gasteiger partial charge on any atom is 0.392 e. The highest BCUT2D eigenvalue weighted by Gasteiger charge is 2.47. The van der Waals surface area contributed by atoms with Crippen LogP contribution in [-0.2, 0) is 0 Å². The molecule has 19 heavy (non-hydrogen) atoms. The number of thioether (sulfide) groups is 1. The Balaban J connectivity index is 2.02. The van der Waals surface area contributed by atoms with Gasteiger partial charge in [-0.05, 0) is 25.7 Å². The van der Waals surface area contributed by atoms with Crippen LogP contribution in [0.5, 0.6) is 0 Å². The molecule has 4 atom stereocenters. The van der Waals surface area contributed by atoms with Gasteiger partial charge in [0.05, 0.1) is 5.92 Å². The highest BCUT2D eigenvalue weighted by atomic mass is 35.5. The lowest BCUT2D eigenvalue weighted by Gasteiger charge is -2.38. The topological polar surface area (TPSA) is 0 Å². The van der Waals surface area contributed by atoms with Gasteiger partial charge in [0.1, 0.15) is 0 Å². The normalized spacial score (nSPS) is 41.2. The first-order chi connectivity index (χ1) is 8.89. The van der Waals surface area contributed by atoms with Crippen LogP contribution in [-0.4, -0.2) is 27.4 Å². The van der Waals surface area contributed by atoms with Crippen LogP contribution in [0.4, 0.5) is 13.2 Å². The van der Waals surface area contributed by atoms with Crippen molar-refractivity contribution in [1.82, 2.24) is 0 Å². The van der Waals surface area contributed by atoms with Crippen LogP contribution in [0, 0.1) is 5.92 Å². The van der Waals surface area contributed by atoms with Gasteiger partial charge in [0.25, 0.3) is 0 Å². The summed E-state index contributed by atoms with van der Waals surface area (Å²) in [6, 6.07) is 0. The maximum atomic E-state index is 13.1. The van der Waals surface area contributed by atoms with Crippen LogP contribution in [0.25, 0.3) is 0 Å². The third kappa shape index (κ3) is 4.10. The van der Waals surface area contributed by atoms with Gasteiger partial charge in [-0.2, -0.15) is 24.9 Å². The molecular formula is C13H19Cl2F3S. The van der Waals surface area contributed by atoms with Gasteiger partial charge < -0.3 is 0 Å². The third-order valence-electron chi connectivity index (χ3n) is 4.13. The minimum absolute atomic E-state index is 0.0370. The van der Waals surface area contributed by atoms with Gasteiger partial charge in [-0.1, -0.05) is 19.3 Å². The number of alkyl halides is 5. The number of rotatable bonds is 2. The van der Waals surface area contributed by atoms with E-state index in [4.69, 9.17) is 23.2 Å². The molecule has 0 aromatic heterocycles. The lowest BCUT2D eigenvalue weighted by atomic mass is 9.88. The van der Waals surface area contributed by atoms with Gasteiger partial charge in [-0.15, -0.1) is 23.2 Å². The highest BCUT2D eigenvalue weighted by Crippen LogP contribution is 2.47. The van der Waals surface area contributed by atoms with E-state index < -0.39 is 12.1 Å². The van der Waals surface area contributed by atoms with Gasteiger partial charge in [0, 0.05) is 21.3 Å². The van der Waals surface area contributed by atoms with E-state index in [0.717, 1.165) is 25.7 Å². The van der Waals surface area contributed by atoms with Gasteiger partial charge in [0.2, 0.25) is 0 Å². The van der Waals surface area contributed by atoms with Crippen molar-refractivity contribution in [2.24, 2.45) is 5.92 Å². The highest BCUT2D eigenvalue weighted by molar-refractivity contribution is 8.00. The minimum Gasteiger partial charge on any atom is -0.171 e. The van der Waals surface area contributed by atoms with E-state index in [2.05, 4.69) is 0 Å². The molecule has 0 N–H and O–H groups in total. The summed E-state index contributed by atoms with van der Waals surface area (Å²) in [6.07, 6.45) is 1.09. The molecule has 4 unspecified atom stereocenters. The van der Waals surface area contributed by atoms with Crippen LogP contribution in [0.15, 0.2) is 0 Å². The summed E-state index contributed by atoms with van der Waals surface area (Å²) in [5.41, 5.74) is 0. The van der Waals surface area contributed by atoms with E-state index in [1.54, 1.807) is 0 Å². The quantitative estimate of drug-likeness (QED) is 0.591. The number of hydrogen-bond acceptors (Lipinski definition) is 1. The van der Waals surface area contributed by atoms with Crippen molar-refractivity contribution < 1.29 is 13.2 Å². The van der Waals surface area contributed by atoms with Crippen LogP contribution in [0.1, 0.15) is 44.9 Å². The van der Waals surface area contributed by atoms with Crippen molar-refractivity contribution >= 4 is 35.0 Å². The predicted octanol–water partition coefficient (Wildman–Crippen LogP) is 5.61. The smallest absolute Gasteiger partial charge is 0.171 e. The zero-order valence-electron chi connectivity index (χ0n) is 10.6. The molecular weight excluding hydrogens is 316 g/mol. The number of halogens is 5. The first-order valence-electron chi connectivity index (χ1n) is 6.90. The molecule has 2 aliphatic rings. The van der Waals surface area contributed by atoms with E-state index in [1.165, 1.54) is 11.8 Å². The second-order valence-electron chi connectivity index (χ2n) is 5.53. The summed E-state index contributed by atoms with van der Waals surface area (Å²) in [7, 11) is 0. The summed E-state index contributed by atoms with van der Waals surface area (Å²) in [5, 5.41) is -0.571.